The lowest BCUT2D eigenvalue weighted by Crippen LogP contribution is -2.08. The number of carbonyl (C=O) groups is 2. The van der Waals surface area contributed by atoms with Crippen LogP contribution in [-0.4, -0.2) is 17.2 Å². The molecule has 0 saturated heterocycles. The minimum absolute atomic E-state index is 0.370. The molecule has 2 rings (SSSR count). The average Bonchev–Trinajstić information content (AvgIpc) is 2.85. The molecule has 4 nitrogen and oxygen atoms in total. The van der Waals surface area contributed by atoms with E-state index >= 15 is 0 Å². The highest BCUT2D eigenvalue weighted by atomic mass is 32.1. The molecule has 18 heavy (non-hydrogen) atoms. The van der Waals surface area contributed by atoms with Gasteiger partial charge in [-0.3, -0.25) is 14.6 Å². The lowest BCUT2D eigenvalue weighted by molar-refractivity contribution is -0.144. The summed E-state index contributed by atoms with van der Waals surface area (Å²) in [5.41, 5.74) is 0.784. The molecule has 5 heteroatoms. The van der Waals surface area contributed by atoms with Crippen LogP contribution < -0.4 is 0 Å². The van der Waals surface area contributed by atoms with Crippen molar-refractivity contribution in [1.29, 1.82) is 0 Å². The van der Waals surface area contributed by atoms with E-state index in [1.807, 2.05) is 6.07 Å². The Balaban J connectivity index is 2.36. The molecule has 1 atom stereocenters. The molecule has 0 aliphatic carbocycles. The number of thiophene rings is 1. The smallest absolute Gasteiger partial charge is 0.303 e. The van der Waals surface area contributed by atoms with E-state index in [0.717, 1.165) is 16.7 Å². The molecule has 2 heterocycles. The molecule has 0 amide bonds. The number of pyridine rings is 1. The quantitative estimate of drug-likeness (QED) is 0.627. The normalized spacial score (nSPS) is 11.8. The third-order valence-electron chi connectivity index (χ3n) is 2.29. The predicted octanol–water partition coefficient (Wildman–Crippen LogP) is 2.61. The fourth-order valence-corrected chi connectivity index (χ4v) is 2.44. The van der Waals surface area contributed by atoms with Gasteiger partial charge in [0.25, 0.3) is 0 Å². The summed E-state index contributed by atoms with van der Waals surface area (Å²) >= 11 is 1.30. The van der Waals surface area contributed by atoms with E-state index in [2.05, 4.69) is 4.98 Å². The molecule has 0 radical (unpaired) electrons. The zero-order chi connectivity index (χ0) is 13.0. The van der Waals surface area contributed by atoms with E-state index in [9.17, 15) is 9.59 Å². The number of aromatic nitrogens is 1. The molecular formula is C13H11NO3S. The van der Waals surface area contributed by atoms with Crippen molar-refractivity contribution in [1.82, 2.24) is 4.98 Å². The Kier molecular flexibility index (Phi) is 3.84. The molecule has 0 fully saturated rings. The highest BCUT2D eigenvalue weighted by Gasteiger charge is 2.19. The Morgan fingerprint density at radius 3 is 2.83 bits per heavy atom. The van der Waals surface area contributed by atoms with Crippen molar-refractivity contribution in [2.45, 2.75) is 13.0 Å². The first kappa shape index (κ1) is 12.4. The van der Waals surface area contributed by atoms with E-state index in [1.165, 1.54) is 18.3 Å². The lowest BCUT2D eigenvalue weighted by Gasteiger charge is -2.15. The maximum Gasteiger partial charge on any atom is 0.303 e. The largest absolute Gasteiger partial charge is 0.452 e. The van der Waals surface area contributed by atoms with E-state index < -0.39 is 6.10 Å². The van der Waals surface area contributed by atoms with Crippen LogP contribution in [0.15, 0.2) is 36.7 Å². The van der Waals surface area contributed by atoms with Crippen LogP contribution in [0.1, 0.15) is 33.1 Å². The van der Waals surface area contributed by atoms with Crippen LogP contribution in [-0.2, 0) is 9.53 Å². The Morgan fingerprint density at radius 1 is 1.44 bits per heavy atom. The van der Waals surface area contributed by atoms with Crippen LogP contribution in [0.3, 0.4) is 0 Å². The Labute approximate surface area is 108 Å². The Hall–Kier alpha value is -2.01. The summed E-state index contributed by atoms with van der Waals surface area (Å²) in [7, 11) is 0. The number of hydrogen-bond acceptors (Lipinski definition) is 5. The van der Waals surface area contributed by atoms with Crippen molar-refractivity contribution < 1.29 is 14.3 Å². The van der Waals surface area contributed by atoms with Crippen molar-refractivity contribution in [3.8, 4) is 0 Å². The fraction of sp³-hybridized carbons (Fsp3) is 0.154. The summed E-state index contributed by atoms with van der Waals surface area (Å²) in [4.78, 5) is 27.3. The monoisotopic (exact) mass is 261 g/mol. The van der Waals surface area contributed by atoms with Gasteiger partial charge in [0, 0.05) is 24.9 Å². The van der Waals surface area contributed by atoms with Crippen molar-refractivity contribution in [3.63, 3.8) is 0 Å². The van der Waals surface area contributed by atoms with Gasteiger partial charge in [-0.05, 0) is 18.2 Å². The molecule has 0 spiro atoms. The summed E-state index contributed by atoms with van der Waals surface area (Å²) < 4.78 is 5.30. The zero-order valence-corrected chi connectivity index (χ0v) is 10.5. The van der Waals surface area contributed by atoms with E-state index in [1.54, 1.807) is 30.6 Å². The third kappa shape index (κ3) is 2.81. The van der Waals surface area contributed by atoms with Gasteiger partial charge >= 0.3 is 5.97 Å². The highest BCUT2D eigenvalue weighted by Crippen LogP contribution is 2.30. The van der Waals surface area contributed by atoms with Gasteiger partial charge in [-0.25, -0.2) is 0 Å². The van der Waals surface area contributed by atoms with E-state index in [4.69, 9.17) is 4.74 Å². The van der Waals surface area contributed by atoms with E-state index in [0.29, 0.717) is 4.88 Å². The van der Waals surface area contributed by atoms with Crippen molar-refractivity contribution >= 4 is 23.6 Å². The average molecular weight is 261 g/mol. The Bertz CT molecular complexity index is 550. The molecule has 92 valence electrons. The third-order valence-corrected chi connectivity index (χ3v) is 3.35. The van der Waals surface area contributed by atoms with Gasteiger partial charge in [0.2, 0.25) is 0 Å². The molecule has 0 aliphatic rings. The number of nitrogens with zero attached hydrogens (tertiary/aromatic N) is 1. The minimum atomic E-state index is -0.505. The molecule has 0 bridgehead atoms. The topological polar surface area (TPSA) is 56.3 Å². The first-order chi connectivity index (χ1) is 8.70. The minimum Gasteiger partial charge on any atom is -0.452 e. The number of ether oxygens (including phenoxy) is 1. The fourth-order valence-electron chi connectivity index (χ4n) is 1.56. The standard InChI is InChI=1S/C13H11NO3S/c1-9(16)17-13(10-3-2-6-14-7-10)12-5-4-11(8-15)18-12/h2-8,13H,1H3. The second-order valence-corrected chi connectivity index (χ2v) is 4.78. The molecule has 2 aromatic heterocycles. The summed E-state index contributed by atoms with van der Waals surface area (Å²) in [5.74, 6) is -0.370. The second-order valence-electron chi connectivity index (χ2n) is 3.63. The van der Waals surface area contributed by atoms with Crippen molar-refractivity contribution in [2.24, 2.45) is 0 Å². The summed E-state index contributed by atoms with van der Waals surface area (Å²) in [6, 6.07) is 7.11. The van der Waals surface area contributed by atoms with Crippen LogP contribution in [0, 0.1) is 0 Å². The summed E-state index contributed by atoms with van der Waals surface area (Å²) in [5, 5.41) is 0. The van der Waals surface area contributed by atoms with Gasteiger partial charge in [-0.2, -0.15) is 0 Å². The van der Waals surface area contributed by atoms with Crippen LogP contribution in [0.2, 0.25) is 0 Å². The van der Waals surface area contributed by atoms with Crippen LogP contribution in [0.4, 0.5) is 0 Å². The molecule has 0 aromatic carbocycles. The SMILES string of the molecule is CC(=O)OC(c1cccnc1)c1ccc(C=O)s1. The number of hydrogen-bond donors (Lipinski definition) is 0. The van der Waals surface area contributed by atoms with Crippen LogP contribution >= 0.6 is 11.3 Å². The number of carbonyl (C=O) groups excluding carboxylic acids is 2. The van der Waals surface area contributed by atoms with Gasteiger partial charge in [0.15, 0.2) is 12.4 Å². The number of esters is 1. The number of rotatable bonds is 4. The Morgan fingerprint density at radius 2 is 2.28 bits per heavy atom. The molecule has 2 aromatic rings. The van der Waals surface area contributed by atoms with E-state index in [-0.39, 0.29) is 5.97 Å². The molecule has 0 N–H and O–H groups in total. The van der Waals surface area contributed by atoms with Gasteiger partial charge in [-0.1, -0.05) is 6.07 Å². The number of aldehydes is 1. The van der Waals surface area contributed by atoms with Gasteiger partial charge < -0.3 is 4.74 Å². The first-order valence-electron chi connectivity index (χ1n) is 5.33. The first-order valence-corrected chi connectivity index (χ1v) is 6.14. The molecular weight excluding hydrogens is 250 g/mol. The van der Waals surface area contributed by atoms with Crippen LogP contribution in [0.5, 0.6) is 0 Å². The summed E-state index contributed by atoms with van der Waals surface area (Å²) in [6.07, 6.45) is 3.57. The molecule has 1 unspecified atom stereocenters. The highest BCUT2D eigenvalue weighted by molar-refractivity contribution is 7.13. The zero-order valence-electron chi connectivity index (χ0n) is 9.70. The summed E-state index contributed by atoms with van der Waals surface area (Å²) in [6.45, 7) is 1.36. The predicted molar refractivity (Wildman–Crippen MR) is 67.6 cm³/mol. The molecule has 0 saturated carbocycles. The van der Waals surface area contributed by atoms with Crippen LogP contribution in [0.25, 0.3) is 0 Å². The van der Waals surface area contributed by atoms with Gasteiger partial charge in [0.05, 0.1) is 9.75 Å². The maximum atomic E-state index is 11.2. The lowest BCUT2D eigenvalue weighted by atomic mass is 10.1. The van der Waals surface area contributed by atoms with Gasteiger partial charge in [-0.15, -0.1) is 11.3 Å². The second kappa shape index (κ2) is 5.55. The van der Waals surface area contributed by atoms with Gasteiger partial charge in [0.1, 0.15) is 0 Å². The molecule has 0 aliphatic heterocycles. The van der Waals surface area contributed by atoms with Crippen molar-refractivity contribution in [2.75, 3.05) is 0 Å². The van der Waals surface area contributed by atoms with Crippen molar-refractivity contribution in [3.05, 3.63) is 52.0 Å². The maximum absolute atomic E-state index is 11.2.